The van der Waals surface area contributed by atoms with Crippen molar-refractivity contribution in [3.8, 4) is 0 Å². The third kappa shape index (κ3) is 2.53. The Labute approximate surface area is 134 Å². The molecule has 2 N–H and O–H groups in total. The van der Waals surface area contributed by atoms with Crippen molar-refractivity contribution in [2.45, 2.75) is 19.8 Å². The Hall–Kier alpha value is -2.54. The number of carbonyl (C=O) groups excluding carboxylic acids is 1. The summed E-state index contributed by atoms with van der Waals surface area (Å²) in [6, 6.07) is 3.29. The fourth-order valence-electron chi connectivity index (χ4n) is 2.68. The van der Waals surface area contributed by atoms with Crippen molar-refractivity contribution in [1.29, 1.82) is 0 Å². The van der Waals surface area contributed by atoms with Crippen molar-refractivity contribution in [1.82, 2.24) is 0 Å². The number of carboxylic acids is 1. The van der Waals surface area contributed by atoms with Crippen LogP contribution in [0, 0.1) is 0 Å². The maximum absolute atomic E-state index is 14.6. The van der Waals surface area contributed by atoms with Crippen LogP contribution in [0.15, 0.2) is 56.5 Å². The van der Waals surface area contributed by atoms with E-state index < -0.39 is 23.3 Å². The maximum Gasteiger partial charge on any atom is 0.307 e. The van der Waals surface area contributed by atoms with Gasteiger partial charge in [0.15, 0.2) is 11.6 Å². The molecule has 1 aromatic heterocycles. The smallest absolute Gasteiger partial charge is 0.307 e. The fraction of sp³-hybridized carbons (Fsp3) is 0.188. The number of halogens is 1. The van der Waals surface area contributed by atoms with Crippen LogP contribution < -0.4 is 0 Å². The second kappa shape index (κ2) is 5.58. The predicted molar refractivity (Wildman–Crippen MR) is 83.4 cm³/mol. The van der Waals surface area contributed by atoms with E-state index in [2.05, 4.69) is 4.99 Å². The number of allylic oxidation sites excluding steroid dienone is 4. The van der Waals surface area contributed by atoms with Crippen LogP contribution in [-0.4, -0.2) is 27.7 Å². The molecule has 1 aromatic rings. The summed E-state index contributed by atoms with van der Waals surface area (Å²) in [6.07, 6.45) is -0.408. The molecule has 0 atom stereocenters. The van der Waals surface area contributed by atoms with Crippen LogP contribution in [0.5, 0.6) is 0 Å². The minimum atomic E-state index is -1.11. The number of aliphatic imine (C=N–C) groups is 1. The van der Waals surface area contributed by atoms with Crippen LogP contribution in [0.3, 0.4) is 0 Å². The van der Waals surface area contributed by atoms with E-state index in [1.54, 1.807) is 24.4 Å². The molecule has 0 amide bonds. The van der Waals surface area contributed by atoms with Gasteiger partial charge in [0.25, 0.3) is 0 Å². The fourth-order valence-corrected chi connectivity index (χ4v) is 3.37. The van der Waals surface area contributed by atoms with E-state index in [0.717, 1.165) is 0 Å². The molecule has 0 saturated heterocycles. The maximum atomic E-state index is 14.6. The summed E-state index contributed by atoms with van der Waals surface area (Å²) >= 11 is 1.20. The molecule has 0 bridgehead atoms. The quantitative estimate of drug-likeness (QED) is 0.825. The number of hydrogen-bond donors (Lipinski definition) is 2. The molecular weight excluding hydrogens is 321 g/mol. The van der Waals surface area contributed by atoms with Crippen molar-refractivity contribution in [2.75, 3.05) is 0 Å². The number of carboxylic acid groups (broad SMARTS) is 1. The van der Waals surface area contributed by atoms with Gasteiger partial charge in [-0.3, -0.25) is 14.6 Å². The molecule has 0 radical (unpaired) electrons. The van der Waals surface area contributed by atoms with Gasteiger partial charge in [0.05, 0.1) is 22.6 Å². The number of nitrogens with zero attached hydrogens (tertiary/aromatic N) is 1. The second-order valence-corrected chi connectivity index (χ2v) is 6.14. The van der Waals surface area contributed by atoms with Crippen LogP contribution in [0.25, 0.3) is 0 Å². The number of aliphatic hydroxyl groups excluding tert-OH is 1. The van der Waals surface area contributed by atoms with Crippen LogP contribution in [-0.2, 0) is 4.79 Å². The van der Waals surface area contributed by atoms with Gasteiger partial charge in [0, 0.05) is 17.7 Å². The number of Topliss-reactive ketones (excluding diaryl/α,β-unsaturated/α-hetero) is 1. The van der Waals surface area contributed by atoms with Crippen molar-refractivity contribution in [3.63, 3.8) is 0 Å². The van der Waals surface area contributed by atoms with Gasteiger partial charge >= 0.3 is 5.97 Å². The Morgan fingerprint density at radius 1 is 1.43 bits per heavy atom. The zero-order chi connectivity index (χ0) is 16.7. The largest absolute Gasteiger partial charge is 0.505 e. The number of carbonyl (C=O) groups is 2. The van der Waals surface area contributed by atoms with Crippen molar-refractivity contribution >= 4 is 28.8 Å². The zero-order valence-corrected chi connectivity index (χ0v) is 12.9. The molecule has 2 aliphatic rings. The van der Waals surface area contributed by atoms with Crippen molar-refractivity contribution in [2.24, 2.45) is 4.99 Å². The average Bonchev–Trinajstić information content (AvgIpc) is 3.11. The van der Waals surface area contributed by atoms with Gasteiger partial charge in [-0.15, -0.1) is 11.3 Å². The molecule has 1 aliphatic carbocycles. The van der Waals surface area contributed by atoms with E-state index in [4.69, 9.17) is 5.11 Å². The standard InChI is InChI=1S/C16H12FNO4S/c1-7-8(6-12(19)20)13-10(18-7)5-9(16(22)14(13)17)15(21)11-3-2-4-23-11/h2-4,22H,5-6H2,1H3,(H,19,20). The number of rotatable bonds is 4. The lowest BCUT2D eigenvalue weighted by Gasteiger charge is -2.18. The monoisotopic (exact) mass is 333 g/mol. The van der Waals surface area contributed by atoms with E-state index in [1.807, 2.05) is 0 Å². The third-order valence-corrected chi connectivity index (χ3v) is 4.60. The van der Waals surface area contributed by atoms with E-state index in [1.165, 1.54) is 11.3 Å². The highest BCUT2D eigenvalue weighted by molar-refractivity contribution is 7.12. The molecule has 7 heteroatoms. The summed E-state index contributed by atoms with van der Waals surface area (Å²) in [5.41, 5.74) is 0.861. The van der Waals surface area contributed by atoms with E-state index in [0.29, 0.717) is 10.6 Å². The van der Waals surface area contributed by atoms with E-state index in [-0.39, 0.29) is 35.3 Å². The van der Waals surface area contributed by atoms with Gasteiger partial charge in [-0.2, -0.15) is 0 Å². The summed E-state index contributed by atoms with van der Waals surface area (Å²) in [5, 5.41) is 20.8. The molecule has 0 saturated carbocycles. The highest BCUT2D eigenvalue weighted by Crippen LogP contribution is 2.40. The predicted octanol–water partition coefficient (Wildman–Crippen LogP) is 3.57. The molecule has 2 heterocycles. The van der Waals surface area contributed by atoms with Gasteiger partial charge in [-0.05, 0) is 23.9 Å². The second-order valence-electron chi connectivity index (χ2n) is 5.19. The molecule has 23 heavy (non-hydrogen) atoms. The zero-order valence-electron chi connectivity index (χ0n) is 12.1. The Bertz CT molecular complexity index is 843. The van der Waals surface area contributed by atoms with Crippen LogP contribution in [0.1, 0.15) is 29.4 Å². The first-order chi connectivity index (χ1) is 10.9. The normalized spacial score (nSPS) is 17.6. The molecular formula is C16H12FNO4S. The Morgan fingerprint density at radius 3 is 2.78 bits per heavy atom. The first-order valence-corrected chi connectivity index (χ1v) is 7.68. The lowest BCUT2D eigenvalue weighted by Crippen LogP contribution is -2.18. The van der Waals surface area contributed by atoms with E-state index in [9.17, 15) is 19.1 Å². The van der Waals surface area contributed by atoms with Gasteiger partial charge in [-0.1, -0.05) is 6.07 Å². The Morgan fingerprint density at radius 2 is 2.17 bits per heavy atom. The highest BCUT2D eigenvalue weighted by Gasteiger charge is 2.36. The van der Waals surface area contributed by atoms with Crippen LogP contribution in [0.4, 0.5) is 4.39 Å². The van der Waals surface area contributed by atoms with Gasteiger partial charge < -0.3 is 10.2 Å². The molecule has 3 rings (SSSR count). The SMILES string of the molecule is CC1=C(CC(=O)O)C2=C(F)C(O)=C(C(=O)c3cccs3)CC2=N1. The number of fused-ring (bicyclic) bond motifs is 1. The minimum Gasteiger partial charge on any atom is -0.505 e. The highest BCUT2D eigenvalue weighted by atomic mass is 32.1. The van der Waals surface area contributed by atoms with Gasteiger partial charge in [-0.25, -0.2) is 4.39 Å². The lowest BCUT2D eigenvalue weighted by atomic mass is 9.87. The summed E-state index contributed by atoms with van der Waals surface area (Å²) in [7, 11) is 0. The van der Waals surface area contributed by atoms with Crippen molar-refractivity contribution < 1.29 is 24.2 Å². The van der Waals surface area contributed by atoms with Crippen LogP contribution in [0.2, 0.25) is 0 Å². The number of thiophene rings is 1. The lowest BCUT2D eigenvalue weighted by molar-refractivity contribution is -0.136. The number of aliphatic hydroxyl groups is 1. The van der Waals surface area contributed by atoms with Gasteiger partial charge in [0.2, 0.25) is 5.78 Å². The molecule has 0 unspecified atom stereocenters. The van der Waals surface area contributed by atoms with Gasteiger partial charge in [0.1, 0.15) is 0 Å². The first kappa shape index (κ1) is 15.4. The molecule has 0 spiro atoms. The summed E-state index contributed by atoms with van der Waals surface area (Å²) < 4.78 is 14.6. The third-order valence-electron chi connectivity index (χ3n) is 3.73. The number of ketones is 1. The average molecular weight is 333 g/mol. The molecule has 1 aliphatic heterocycles. The first-order valence-electron chi connectivity index (χ1n) is 6.80. The summed E-state index contributed by atoms with van der Waals surface area (Å²) in [5.74, 6) is -3.27. The topological polar surface area (TPSA) is 87.0 Å². The Balaban J connectivity index is 2.05. The van der Waals surface area contributed by atoms with Crippen molar-refractivity contribution in [3.05, 3.63) is 56.4 Å². The number of hydrogen-bond acceptors (Lipinski definition) is 5. The molecule has 118 valence electrons. The summed E-state index contributed by atoms with van der Waals surface area (Å²) in [6.45, 7) is 1.59. The van der Waals surface area contributed by atoms with E-state index >= 15 is 0 Å². The summed E-state index contributed by atoms with van der Waals surface area (Å²) in [4.78, 5) is 27.9. The number of aliphatic carboxylic acids is 1. The minimum absolute atomic E-state index is 0.00475. The molecule has 0 fully saturated rings. The Kier molecular flexibility index (Phi) is 3.73. The van der Waals surface area contributed by atoms with Crippen LogP contribution >= 0.6 is 11.3 Å². The molecule has 5 nitrogen and oxygen atoms in total. The molecule has 0 aromatic carbocycles.